The van der Waals surface area contributed by atoms with Crippen LogP contribution in [-0.2, 0) is 16.6 Å². The van der Waals surface area contributed by atoms with E-state index in [-0.39, 0.29) is 48.0 Å². The molecular formula is C26H34INO4. The summed E-state index contributed by atoms with van der Waals surface area (Å²) in [6, 6.07) is 4.19. The van der Waals surface area contributed by atoms with Gasteiger partial charge in [0, 0.05) is 24.3 Å². The topological polar surface area (TPSA) is 55.8 Å². The van der Waals surface area contributed by atoms with Crippen LogP contribution < -0.4 is 33.5 Å². The van der Waals surface area contributed by atoms with Crippen LogP contribution >= 0.6 is 0 Å². The van der Waals surface area contributed by atoms with E-state index in [1.807, 2.05) is 19.9 Å². The lowest BCUT2D eigenvalue weighted by molar-refractivity contribution is -0.950. The van der Waals surface area contributed by atoms with Crippen LogP contribution in [0.4, 0.5) is 0 Å². The van der Waals surface area contributed by atoms with Gasteiger partial charge >= 0.3 is 5.97 Å². The van der Waals surface area contributed by atoms with E-state index >= 15 is 0 Å². The molecule has 3 fully saturated rings. The Labute approximate surface area is 207 Å². The molecule has 1 aromatic carbocycles. The predicted molar refractivity (Wildman–Crippen MR) is 117 cm³/mol. The zero-order chi connectivity index (χ0) is 21.8. The van der Waals surface area contributed by atoms with E-state index in [9.17, 15) is 9.90 Å². The maximum absolute atomic E-state index is 12.5. The third-order valence-corrected chi connectivity index (χ3v) is 9.10. The molecule has 5 atom stereocenters. The van der Waals surface area contributed by atoms with Gasteiger partial charge in [-0.05, 0) is 42.9 Å². The van der Waals surface area contributed by atoms with Crippen molar-refractivity contribution in [1.29, 1.82) is 0 Å². The molecule has 5 nitrogen and oxygen atoms in total. The minimum atomic E-state index is -0.820. The van der Waals surface area contributed by atoms with Crippen molar-refractivity contribution in [3.8, 4) is 11.5 Å². The number of benzene rings is 1. The first kappa shape index (κ1) is 22.7. The smallest absolute Gasteiger partial charge is 0.313 e. The van der Waals surface area contributed by atoms with Crippen LogP contribution in [0.25, 0.3) is 0 Å². The first-order valence-electron chi connectivity index (χ1n) is 12.0. The van der Waals surface area contributed by atoms with Crippen LogP contribution in [0.3, 0.4) is 0 Å². The van der Waals surface area contributed by atoms with Crippen molar-refractivity contribution in [1.82, 2.24) is 0 Å². The molecule has 6 heteroatoms. The number of carbonyl (C=O) groups excluding carboxylic acids is 1. The normalized spacial score (nSPS) is 38.6. The molecule has 1 saturated heterocycles. The Balaban J connectivity index is 0.00000216. The number of nitrogens with zero attached hydrogens (tertiary/aromatic N) is 1. The highest BCUT2D eigenvalue weighted by Gasteiger charge is 2.75. The number of esters is 1. The summed E-state index contributed by atoms with van der Waals surface area (Å²) in [5, 5.41) is 12.5. The molecule has 5 aliphatic rings. The third kappa shape index (κ3) is 2.78. The van der Waals surface area contributed by atoms with Gasteiger partial charge in [-0.2, -0.15) is 0 Å². The quantitative estimate of drug-likeness (QED) is 0.195. The fraction of sp³-hybridized carbons (Fsp3) is 0.654. The molecule has 2 heterocycles. The Morgan fingerprint density at radius 3 is 2.78 bits per heavy atom. The van der Waals surface area contributed by atoms with E-state index in [1.165, 1.54) is 24.9 Å². The van der Waals surface area contributed by atoms with Gasteiger partial charge in [0.05, 0.1) is 31.5 Å². The number of hydrogen-bond donors (Lipinski definition) is 1. The highest BCUT2D eigenvalue weighted by atomic mass is 127. The predicted octanol–water partition coefficient (Wildman–Crippen LogP) is 0.517. The Kier molecular flexibility index (Phi) is 5.09. The fourth-order valence-corrected chi connectivity index (χ4v) is 7.36. The van der Waals surface area contributed by atoms with E-state index < -0.39 is 11.0 Å². The summed E-state index contributed by atoms with van der Waals surface area (Å²) in [6.45, 7) is 10.3. The zero-order valence-electron chi connectivity index (χ0n) is 19.3. The number of ether oxygens (including phenoxy) is 2. The Hall–Kier alpha value is -1.12. The first-order chi connectivity index (χ1) is 14.7. The van der Waals surface area contributed by atoms with Crippen molar-refractivity contribution in [2.75, 3.05) is 20.1 Å². The minimum Gasteiger partial charge on any atom is -1.00 e. The van der Waals surface area contributed by atoms with Gasteiger partial charge < -0.3 is 43.0 Å². The largest absolute Gasteiger partial charge is 1.00 e. The number of rotatable bonds is 4. The summed E-state index contributed by atoms with van der Waals surface area (Å²) >= 11 is 0. The highest BCUT2D eigenvalue weighted by molar-refractivity contribution is 5.76. The summed E-state index contributed by atoms with van der Waals surface area (Å²) in [6.07, 6.45) is 5.68. The van der Waals surface area contributed by atoms with Crippen LogP contribution in [0.15, 0.2) is 24.3 Å². The van der Waals surface area contributed by atoms with Crippen LogP contribution in [-0.4, -0.2) is 53.4 Å². The van der Waals surface area contributed by atoms with Crippen molar-refractivity contribution in [3.05, 3.63) is 35.4 Å². The summed E-state index contributed by atoms with van der Waals surface area (Å²) in [5.74, 6) is 1.51. The average molecular weight is 551 g/mol. The Bertz CT molecular complexity index is 1000. The number of quaternary nitrogens is 1. The summed E-state index contributed by atoms with van der Waals surface area (Å²) in [4.78, 5) is 12.4. The van der Waals surface area contributed by atoms with Gasteiger partial charge in [0.1, 0.15) is 17.7 Å². The molecule has 1 aromatic rings. The van der Waals surface area contributed by atoms with E-state index in [0.29, 0.717) is 11.5 Å². The minimum absolute atomic E-state index is 0. The Morgan fingerprint density at radius 2 is 2.09 bits per heavy atom. The van der Waals surface area contributed by atoms with E-state index in [0.717, 1.165) is 53.8 Å². The number of halogens is 1. The molecule has 3 aliphatic carbocycles. The molecule has 1 spiro atoms. The number of aliphatic hydroxyl groups is 1. The first-order valence-corrected chi connectivity index (χ1v) is 12.0. The van der Waals surface area contributed by atoms with Gasteiger partial charge in [-0.1, -0.05) is 26.5 Å². The fourth-order valence-electron chi connectivity index (χ4n) is 7.36. The maximum atomic E-state index is 12.5. The number of likely N-dealkylation sites (tertiary alicyclic amines) is 1. The lowest BCUT2D eigenvalue weighted by Gasteiger charge is -2.65. The highest BCUT2D eigenvalue weighted by Crippen LogP contribution is 2.67. The van der Waals surface area contributed by atoms with Gasteiger partial charge in [-0.15, -0.1) is 0 Å². The van der Waals surface area contributed by atoms with Crippen molar-refractivity contribution >= 4 is 5.97 Å². The summed E-state index contributed by atoms with van der Waals surface area (Å²) < 4.78 is 13.3. The second-order valence-corrected chi connectivity index (χ2v) is 11.4. The second-order valence-electron chi connectivity index (χ2n) is 11.4. The average Bonchev–Trinajstić information content (AvgIpc) is 3.44. The van der Waals surface area contributed by atoms with Crippen LogP contribution in [0.2, 0.25) is 0 Å². The molecule has 32 heavy (non-hydrogen) atoms. The van der Waals surface area contributed by atoms with Gasteiger partial charge in [-0.25, -0.2) is 0 Å². The standard InChI is InChI=1S/C26H34NO4.HI/c1-15(2)24(28)30-19-8-7-18-13-20-26(29)10-9-16(3)23-25(26,21(18)22(19)31-23)11-12-27(20,4)14-17-5-6-17;/h7-8,15,17,20,23,29H,3,5-6,9-14H2,1-2,4H3;1H/q+1;/p-1/t20-,23+,25+,26-,27?;/m1./s1. The molecule has 1 unspecified atom stereocenters. The van der Waals surface area contributed by atoms with Gasteiger partial charge in [-0.3, -0.25) is 4.79 Å². The Morgan fingerprint density at radius 1 is 1.34 bits per heavy atom. The molecule has 1 N–H and O–H groups in total. The summed E-state index contributed by atoms with van der Waals surface area (Å²) in [7, 11) is 2.37. The molecule has 2 bridgehead atoms. The molecule has 0 radical (unpaired) electrons. The SMILES string of the molecule is C=C1CC[C@@]2(O)[C@H]3Cc4ccc(OC(=O)C(C)C)c5c4[C@@]2(CC[N+]3(C)CC2CC2)[C@H]1O5.[I-]. The molecule has 174 valence electrons. The lowest BCUT2D eigenvalue weighted by Crippen LogP contribution is -3.00. The second kappa shape index (κ2) is 7.19. The molecule has 2 aliphatic heterocycles. The number of hydrogen-bond acceptors (Lipinski definition) is 4. The number of piperidine rings is 1. The molecule has 6 rings (SSSR count). The maximum Gasteiger partial charge on any atom is 0.313 e. The van der Waals surface area contributed by atoms with Gasteiger partial charge in [0.25, 0.3) is 0 Å². The van der Waals surface area contributed by atoms with Crippen molar-refractivity contribution in [3.63, 3.8) is 0 Å². The zero-order valence-corrected chi connectivity index (χ0v) is 21.5. The van der Waals surface area contributed by atoms with Gasteiger partial charge in [0.15, 0.2) is 11.5 Å². The van der Waals surface area contributed by atoms with Crippen molar-refractivity contribution in [2.24, 2.45) is 11.8 Å². The van der Waals surface area contributed by atoms with E-state index in [1.54, 1.807) is 0 Å². The molecular weight excluding hydrogens is 517 g/mol. The molecule has 2 saturated carbocycles. The molecule has 0 aromatic heterocycles. The molecule has 0 amide bonds. The van der Waals surface area contributed by atoms with Crippen LogP contribution in [0.5, 0.6) is 11.5 Å². The van der Waals surface area contributed by atoms with E-state index in [2.05, 4.69) is 19.7 Å². The van der Waals surface area contributed by atoms with Crippen LogP contribution in [0, 0.1) is 11.8 Å². The van der Waals surface area contributed by atoms with Crippen molar-refractivity contribution < 1.29 is 47.8 Å². The third-order valence-electron chi connectivity index (χ3n) is 9.10. The summed E-state index contributed by atoms with van der Waals surface area (Å²) in [5.41, 5.74) is 2.12. The van der Waals surface area contributed by atoms with E-state index in [4.69, 9.17) is 9.47 Å². The monoisotopic (exact) mass is 551 g/mol. The van der Waals surface area contributed by atoms with Gasteiger partial charge in [0.2, 0.25) is 0 Å². The van der Waals surface area contributed by atoms with Crippen molar-refractivity contribution in [2.45, 2.75) is 75.5 Å². The lowest BCUT2D eigenvalue weighted by atomic mass is 9.48. The number of carbonyl (C=O) groups is 1. The van der Waals surface area contributed by atoms with Crippen LogP contribution in [0.1, 0.15) is 57.1 Å². The number of likely N-dealkylation sites (N-methyl/N-ethyl adjacent to an activating group) is 1.